The van der Waals surface area contributed by atoms with Crippen molar-refractivity contribution in [3.63, 3.8) is 0 Å². The maximum atomic E-state index is 12.6. The summed E-state index contributed by atoms with van der Waals surface area (Å²) in [5, 5.41) is 5.35. The Hall–Kier alpha value is -1.87. The largest absolute Gasteiger partial charge is 0.349 e. The molecule has 2 aromatic carbocycles. The maximum absolute atomic E-state index is 12.6. The Labute approximate surface area is 125 Å². The molecule has 3 rings (SSSR count). The Balaban J connectivity index is 1.73. The van der Waals surface area contributed by atoms with Crippen molar-refractivity contribution in [1.29, 1.82) is 0 Å². The molecule has 21 heavy (non-hydrogen) atoms. The summed E-state index contributed by atoms with van der Waals surface area (Å²) < 4.78 is 0. The van der Waals surface area contributed by atoms with Crippen LogP contribution in [0, 0.1) is 0 Å². The second-order valence-corrected chi connectivity index (χ2v) is 5.71. The third kappa shape index (κ3) is 3.08. The van der Waals surface area contributed by atoms with Crippen LogP contribution in [0.5, 0.6) is 0 Å². The van der Waals surface area contributed by atoms with E-state index in [0.717, 1.165) is 48.8 Å². The summed E-state index contributed by atoms with van der Waals surface area (Å²) in [4.78, 5) is 15.0. The van der Waals surface area contributed by atoms with Crippen LogP contribution in [0.2, 0.25) is 0 Å². The molecule has 1 N–H and O–H groups in total. The van der Waals surface area contributed by atoms with Crippen LogP contribution in [0.25, 0.3) is 10.8 Å². The van der Waals surface area contributed by atoms with E-state index < -0.39 is 0 Å². The van der Waals surface area contributed by atoms with E-state index in [9.17, 15) is 4.79 Å². The Bertz CT molecular complexity index is 625. The van der Waals surface area contributed by atoms with Crippen LogP contribution in [-0.2, 0) is 0 Å². The van der Waals surface area contributed by atoms with Crippen molar-refractivity contribution in [3.05, 3.63) is 48.0 Å². The molecule has 0 aliphatic carbocycles. The average molecular weight is 282 g/mol. The van der Waals surface area contributed by atoms with Crippen LogP contribution in [0.1, 0.15) is 30.1 Å². The van der Waals surface area contributed by atoms with Crippen molar-refractivity contribution in [2.45, 2.75) is 25.8 Å². The number of fused-ring (bicyclic) bond motifs is 1. The van der Waals surface area contributed by atoms with Crippen LogP contribution in [0.15, 0.2) is 42.5 Å². The number of rotatable bonds is 3. The molecule has 1 amide bonds. The predicted octanol–water partition coefficient (Wildman–Crippen LogP) is 3.05. The van der Waals surface area contributed by atoms with Crippen LogP contribution in [-0.4, -0.2) is 36.5 Å². The fourth-order valence-electron chi connectivity index (χ4n) is 3.08. The Morgan fingerprint density at radius 2 is 1.86 bits per heavy atom. The SMILES string of the molecule is CCN1CCC(NC(=O)c2cccc3ccccc23)CC1. The second kappa shape index (κ2) is 6.27. The molecule has 0 atom stereocenters. The van der Waals surface area contributed by atoms with E-state index in [-0.39, 0.29) is 5.91 Å². The Morgan fingerprint density at radius 1 is 1.14 bits per heavy atom. The van der Waals surface area contributed by atoms with Crippen molar-refractivity contribution in [1.82, 2.24) is 10.2 Å². The Morgan fingerprint density at radius 3 is 2.62 bits per heavy atom. The highest BCUT2D eigenvalue weighted by Crippen LogP contribution is 2.19. The van der Waals surface area contributed by atoms with Gasteiger partial charge in [-0.05, 0) is 36.2 Å². The lowest BCUT2D eigenvalue weighted by Crippen LogP contribution is -2.44. The zero-order valence-corrected chi connectivity index (χ0v) is 12.5. The zero-order chi connectivity index (χ0) is 14.7. The molecule has 0 saturated carbocycles. The van der Waals surface area contributed by atoms with Gasteiger partial charge in [0.1, 0.15) is 0 Å². The van der Waals surface area contributed by atoms with E-state index >= 15 is 0 Å². The van der Waals surface area contributed by atoms with Crippen molar-refractivity contribution in [3.8, 4) is 0 Å². The number of carbonyl (C=O) groups is 1. The second-order valence-electron chi connectivity index (χ2n) is 5.71. The number of likely N-dealkylation sites (tertiary alicyclic amines) is 1. The van der Waals surface area contributed by atoms with Gasteiger partial charge in [-0.3, -0.25) is 4.79 Å². The monoisotopic (exact) mass is 282 g/mol. The fourth-order valence-corrected chi connectivity index (χ4v) is 3.08. The summed E-state index contributed by atoms with van der Waals surface area (Å²) in [5.41, 5.74) is 0.783. The number of nitrogens with one attached hydrogen (secondary N) is 1. The molecular weight excluding hydrogens is 260 g/mol. The van der Waals surface area contributed by atoms with Gasteiger partial charge in [-0.2, -0.15) is 0 Å². The molecule has 3 heteroatoms. The van der Waals surface area contributed by atoms with Crippen LogP contribution < -0.4 is 5.32 Å². The molecule has 0 spiro atoms. The standard InChI is InChI=1S/C18H22N2O/c1-2-20-12-10-15(11-13-20)19-18(21)17-9-5-7-14-6-3-4-8-16(14)17/h3-9,15H,2,10-13H2,1H3,(H,19,21). The first-order chi connectivity index (χ1) is 10.3. The highest BCUT2D eigenvalue weighted by atomic mass is 16.1. The van der Waals surface area contributed by atoms with Gasteiger partial charge in [0, 0.05) is 24.7 Å². The normalized spacial score (nSPS) is 17.0. The molecule has 1 aliphatic heterocycles. The summed E-state index contributed by atoms with van der Waals surface area (Å²) >= 11 is 0. The lowest BCUT2D eigenvalue weighted by molar-refractivity contribution is 0.0914. The van der Waals surface area contributed by atoms with Crippen molar-refractivity contribution >= 4 is 16.7 Å². The van der Waals surface area contributed by atoms with Gasteiger partial charge in [-0.1, -0.05) is 43.3 Å². The van der Waals surface area contributed by atoms with Gasteiger partial charge >= 0.3 is 0 Å². The number of piperidine rings is 1. The third-order valence-corrected chi connectivity index (χ3v) is 4.40. The van der Waals surface area contributed by atoms with E-state index in [0.29, 0.717) is 6.04 Å². The number of benzene rings is 2. The summed E-state index contributed by atoms with van der Waals surface area (Å²) in [5.74, 6) is 0.0572. The maximum Gasteiger partial charge on any atom is 0.252 e. The molecule has 2 aromatic rings. The number of hydrogen-bond acceptors (Lipinski definition) is 2. The zero-order valence-electron chi connectivity index (χ0n) is 12.5. The first-order valence-corrected chi connectivity index (χ1v) is 7.79. The van der Waals surface area contributed by atoms with Crippen molar-refractivity contribution in [2.24, 2.45) is 0 Å². The molecule has 0 bridgehead atoms. The topological polar surface area (TPSA) is 32.3 Å². The number of amides is 1. The molecule has 1 heterocycles. The quantitative estimate of drug-likeness (QED) is 0.938. The van der Waals surface area contributed by atoms with E-state index in [4.69, 9.17) is 0 Å². The molecule has 0 radical (unpaired) electrons. The minimum atomic E-state index is 0.0572. The molecular formula is C18H22N2O. The van der Waals surface area contributed by atoms with Crippen molar-refractivity contribution in [2.75, 3.05) is 19.6 Å². The smallest absolute Gasteiger partial charge is 0.252 e. The average Bonchev–Trinajstić information content (AvgIpc) is 2.55. The van der Waals surface area contributed by atoms with Gasteiger partial charge < -0.3 is 10.2 Å². The molecule has 3 nitrogen and oxygen atoms in total. The molecule has 0 aromatic heterocycles. The highest BCUT2D eigenvalue weighted by molar-refractivity contribution is 6.07. The molecule has 1 fully saturated rings. The Kier molecular flexibility index (Phi) is 4.20. The van der Waals surface area contributed by atoms with Crippen LogP contribution in [0.4, 0.5) is 0 Å². The number of carbonyl (C=O) groups excluding carboxylic acids is 1. The summed E-state index contributed by atoms with van der Waals surface area (Å²) in [7, 11) is 0. The minimum absolute atomic E-state index is 0.0572. The predicted molar refractivity (Wildman–Crippen MR) is 86.6 cm³/mol. The summed E-state index contributed by atoms with van der Waals surface area (Å²) in [6, 6.07) is 14.3. The van der Waals surface area contributed by atoms with Gasteiger partial charge in [0.25, 0.3) is 5.91 Å². The molecule has 1 aliphatic rings. The van der Waals surface area contributed by atoms with Gasteiger partial charge in [0.2, 0.25) is 0 Å². The lowest BCUT2D eigenvalue weighted by Gasteiger charge is -2.31. The van der Waals surface area contributed by atoms with Gasteiger partial charge in [-0.15, -0.1) is 0 Å². The van der Waals surface area contributed by atoms with E-state index in [1.807, 2.05) is 42.5 Å². The van der Waals surface area contributed by atoms with E-state index in [2.05, 4.69) is 17.1 Å². The van der Waals surface area contributed by atoms with E-state index in [1.165, 1.54) is 0 Å². The van der Waals surface area contributed by atoms with Crippen LogP contribution in [0.3, 0.4) is 0 Å². The van der Waals surface area contributed by atoms with Gasteiger partial charge in [0.15, 0.2) is 0 Å². The highest BCUT2D eigenvalue weighted by Gasteiger charge is 2.20. The summed E-state index contributed by atoms with van der Waals surface area (Å²) in [6.07, 6.45) is 2.09. The number of nitrogens with zero attached hydrogens (tertiary/aromatic N) is 1. The third-order valence-electron chi connectivity index (χ3n) is 4.40. The van der Waals surface area contributed by atoms with Gasteiger partial charge in [0.05, 0.1) is 0 Å². The van der Waals surface area contributed by atoms with Crippen molar-refractivity contribution < 1.29 is 4.79 Å². The van der Waals surface area contributed by atoms with Gasteiger partial charge in [-0.25, -0.2) is 0 Å². The molecule has 0 unspecified atom stereocenters. The minimum Gasteiger partial charge on any atom is -0.349 e. The first-order valence-electron chi connectivity index (χ1n) is 7.79. The van der Waals surface area contributed by atoms with Crippen LogP contribution >= 0.6 is 0 Å². The summed E-state index contributed by atoms with van der Waals surface area (Å²) in [6.45, 7) is 5.45. The lowest BCUT2D eigenvalue weighted by atomic mass is 10.0. The first kappa shape index (κ1) is 14.1. The van der Waals surface area contributed by atoms with E-state index in [1.54, 1.807) is 0 Å². The number of hydrogen-bond donors (Lipinski definition) is 1. The fraction of sp³-hybridized carbons (Fsp3) is 0.389. The molecule has 1 saturated heterocycles. The molecule has 110 valence electrons.